The number of benzene rings is 1. The molecule has 1 aliphatic rings. The number of hydrogen-bond donors (Lipinski definition) is 1. The number of oxime groups is 1. The minimum absolute atomic E-state index is 0.118. The molecule has 0 heterocycles. The fourth-order valence-corrected chi connectivity index (χ4v) is 3.13. The van der Waals surface area contributed by atoms with Crippen LogP contribution in [0.15, 0.2) is 28.9 Å². The van der Waals surface area contributed by atoms with Crippen molar-refractivity contribution >= 4 is 17.3 Å². The summed E-state index contributed by atoms with van der Waals surface area (Å²) in [6, 6.07) is 3.18. The first-order chi connectivity index (χ1) is 12.6. The summed E-state index contributed by atoms with van der Waals surface area (Å²) >= 11 is 0. The zero-order valence-electron chi connectivity index (χ0n) is 15.5. The molecule has 0 bridgehead atoms. The number of ether oxygens (including phenoxy) is 2. The summed E-state index contributed by atoms with van der Waals surface area (Å²) in [6.45, 7) is 2.14. The van der Waals surface area contributed by atoms with Gasteiger partial charge in [-0.2, -0.15) is 0 Å². The summed E-state index contributed by atoms with van der Waals surface area (Å²) in [5, 5.41) is 12.7. The summed E-state index contributed by atoms with van der Waals surface area (Å²) < 4.78 is 10.5. The van der Waals surface area contributed by atoms with Crippen molar-refractivity contribution in [3.63, 3.8) is 0 Å². The zero-order valence-corrected chi connectivity index (χ0v) is 15.5. The van der Waals surface area contributed by atoms with E-state index in [1.54, 1.807) is 12.1 Å². The average Bonchev–Trinajstić information content (AvgIpc) is 2.66. The van der Waals surface area contributed by atoms with Gasteiger partial charge in [-0.3, -0.25) is 9.59 Å². The van der Waals surface area contributed by atoms with Crippen LogP contribution in [0.4, 0.5) is 0 Å². The fraction of sp³-hybridized carbons (Fsp3) is 0.450. The number of carbonyl (C=O) groups is 2. The van der Waals surface area contributed by atoms with Crippen molar-refractivity contribution in [1.29, 1.82) is 0 Å². The fourth-order valence-electron chi connectivity index (χ4n) is 3.13. The van der Waals surface area contributed by atoms with Crippen LogP contribution in [0.5, 0.6) is 11.5 Å². The number of unbranched alkanes of at least 4 members (excludes halogenated alkanes) is 4. The van der Waals surface area contributed by atoms with Crippen molar-refractivity contribution < 1.29 is 24.3 Å². The van der Waals surface area contributed by atoms with E-state index in [9.17, 15) is 14.8 Å². The first-order valence-corrected chi connectivity index (χ1v) is 8.86. The predicted molar refractivity (Wildman–Crippen MR) is 98.9 cm³/mol. The molecule has 1 N–H and O–H groups in total. The normalized spacial score (nSPS) is 14.1. The molecule has 0 aliphatic heterocycles. The molecule has 2 rings (SSSR count). The predicted octanol–water partition coefficient (Wildman–Crippen LogP) is 4.20. The van der Waals surface area contributed by atoms with Crippen molar-refractivity contribution in [2.45, 2.75) is 45.4 Å². The van der Waals surface area contributed by atoms with E-state index in [0.717, 1.165) is 32.1 Å². The largest absolute Gasteiger partial charge is 0.496 e. The second kappa shape index (κ2) is 9.17. The van der Waals surface area contributed by atoms with Crippen LogP contribution in [0.1, 0.15) is 66.2 Å². The van der Waals surface area contributed by atoms with E-state index in [4.69, 9.17) is 9.47 Å². The molecule has 0 spiro atoms. The summed E-state index contributed by atoms with van der Waals surface area (Å²) in [7, 11) is 2.88. The molecule has 1 aromatic carbocycles. The van der Waals surface area contributed by atoms with Crippen LogP contribution in [0.3, 0.4) is 0 Å². The van der Waals surface area contributed by atoms with Crippen LogP contribution in [-0.4, -0.2) is 36.7 Å². The third-order valence-corrected chi connectivity index (χ3v) is 4.51. The first-order valence-electron chi connectivity index (χ1n) is 8.86. The molecule has 0 saturated heterocycles. The van der Waals surface area contributed by atoms with Gasteiger partial charge >= 0.3 is 0 Å². The maximum atomic E-state index is 13.0. The van der Waals surface area contributed by atoms with Gasteiger partial charge in [0.05, 0.1) is 36.6 Å². The second-order valence-electron chi connectivity index (χ2n) is 6.18. The molecular formula is C20H25NO5. The number of ketones is 2. The highest BCUT2D eigenvalue weighted by Gasteiger charge is 2.33. The molecule has 0 saturated carbocycles. The maximum absolute atomic E-state index is 13.0. The lowest BCUT2D eigenvalue weighted by Gasteiger charge is -2.20. The van der Waals surface area contributed by atoms with Crippen LogP contribution < -0.4 is 9.47 Å². The monoisotopic (exact) mass is 359 g/mol. The van der Waals surface area contributed by atoms with Gasteiger partial charge in [0.15, 0.2) is 11.6 Å². The van der Waals surface area contributed by atoms with E-state index in [0.29, 0.717) is 17.9 Å². The minimum atomic E-state index is -0.392. The molecule has 6 heteroatoms. The number of rotatable bonds is 9. The van der Waals surface area contributed by atoms with E-state index in [1.807, 2.05) is 0 Å². The zero-order chi connectivity index (χ0) is 19.1. The third kappa shape index (κ3) is 3.95. The smallest absolute Gasteiger partial charge is 0.199 e. The average molecular weight is 359 g/mol. The van der Waals surface area contributed by atoms with Crippen molar-refractivity contribution in [3.05, 3.63) is 34.9 Å². The standard InChI is InChI=1S/C20H25NO5/c1-4-5-6-7-8-9-14(21-24)13-12-15(22)18-16(25-2)10-11-17(26-3)19(18)20(13)23/h10-12,24H,4-9H2,1-3H3/b21-14-. The van der Waals surface area contributed by atoms with Crippen LogP contribution in [0, 0.1) is 0 Å². The van der Waals surface area contributed by atoms with Crippen molar-refractivity contribution in [3.8, 4) is 11.5 Å². The summed E-state index contributed by atoms with van der Waals surface area (Å²) in [5.74, 6) is -0.143. The van der Waals surface area contributed by atoms with Gasteiger partial charge in [0.2, 0.25) is 0 Å². The summed E-state index contributed by atoms with van der Waals surface area (Å²) in [6.07, 6.45) is 6.82. The molecule has 140 valence electrons. The van der Waals surface area contributed by atoms with Crippen molar-refractivity contribution in [1.82, 2.24) is 0 Å². The first kappa shape index (κ1) is 19.7. The Morgan fingerprint density at radius 2 is 1.62 bits per heavy atom. The van der Waals surface area contributed by atoms with Gasteiger partial charge < -0.3 is 14.7 Å². The molecule has 0 aromatic heterocycles. The molecule has 1 aromatic rings. The van der Waals surface area contributed by atoms with Gasteiger partial charge in [-0.25, -0.2) is 0 Å². The summed E-state index contributed by atoms with van der Waals surface area (Å²) in [5.41, 5.74) is 0.685. The topological polar surface area (TPSA) is 85.2 Å². The molecule has 26 heavy (non-hydrogen) atoms. The highest BCUT2D eigenvalue weighted by Crippen LogP contribution is 2.36. The van der Waals surface area contributed by atoms with Crippen LogP contribution in [-0.2, 0) is 0 Å². The number of hydrogen-bond acceptors (Lipinski definition) is 6. The lowest BCUT2D eigenvalue weighted by molar-refractivity contribution is 0.0983. The number of allylic oxidation sites excluding steroid dienone is 2. The highest BCUT2D eigenvalue weighted by atomic mass is 16.5. The van der Waals surface area contributed by atoms with Gasteiger partial charge in [0.1, 0.15) is 11.5 Å². The van der Waals surface area contributed by atoms with Gasteiger partial charge in [-0.15, -0.1) is 0 Å². The number of nitrogens with zero attached hydrogens (tertiary/aromatic N) is 1. The Labute approximate surface area is 153 Å². The molecule has 0 atom stereocenters. The van der Waals surface area contributed by atoms with Crippen molar-refractivity contribution in [2.24, 2.45) is 5.16 Å². The molecule has 6 nitrogen and oxygen atoms in total. The molecule has 0 amide bonds. The number of fused-ring (bicyclic) bond motifs is 1. The Kier molecular flexibility index (Phi) is 6.95. The highest BCUT2D eigenvalue weighted by molar-refractivity contribution is 6.37. The molecule has 0 unspecified atom stereocenters. The Bertz CT molecular complexity index is 749. The summed E-state index contributed by atoms with van der Waals surface area (Å²) in [4.78, 5) is 25.6. The van der Waals surface area contributed by atoms with Gasteiger partial charge in [-0.1, -0.05) is 37.8 Å². The Hall–Kier alpha value is -2.63. The molecule has 0 radical (unpaired) electrons. The minimum Gasteiger partial charge on any atom is -0.496 e. The molecule has 1 aliphatic carbocycles. The lowest BCUT2D eigenvalue weighted by Crippen LogP contribution is -2.23. The van der Waals surface area contributed by atoms with E-state index < -0.39 is 5.78 Å². The Morgan fingerprint density at radius 1 is 1.00 bits per heavy atom. The maximum Gasteiger partial charge on any atom is 0.199 e. The quantitative estimate of drug-likeness (QED) is 0.309. The Morgan fingerprint density at radius 3 is 2.19 bits per heavy atom. The Balaban J connectivity index is 2.32. The van der Waals surface area contributed by atoms with E-state index in [1.165, 1.54) is 20.3 Å². The molecule has 0 fully saturated rings. The molecular weight excluding hydrogens is 334 g/mol. The van der Waals surface area contributed by atoms with E-state index in [-0.39, 0.29) is 28.2 Å². The van der Waals surface area contributed by atoms with Gasteiger partial charge in [0, 0.05) is 0 Å². The van der Waals surface area contributed by atoms with E-state index in [2.05, 4.69) is 12.1 Å². The van der Waals surface area contributed by atoms with E-state index >= 15 is 0 Å². The van der Waals surface area contributed by atoms with Crippen LogP contribution in [0.25, 0.3) is 0 Å². The number of methoxy groups -OCH3 is 2. The SMILES string of the molecule is CCCCCCC/C(=N/O)C1=CC(=O)c2c(OC)ccc(OC)c2C1=O. The van der Waals surface area contributed by atoms with Gasteiger partial charge in [0.25, 0.3) is 0 Å². The second-order valence-corrected chi connectivity index (χ2v) is 6.18. The lowest BCUT2D eigenvalue weighted by atomic mass is 9.85. The third-order valence-electron chi connectivity index (χ3n) is 4.51. The van der Waals surface area contributed by atoms with Crippen LogP contribution in [0.2, 0.25) is 0 Å². The van der Waals surface area contributed by atoms with Gasteiger partial charge in [-0.05, 0) is 31.1 Å². The van der Waals surface area contributed by atoms with Crippen LogP contribution >= 0.6 is 0 Å². The number of Topliss-reactive ketones (excluding diaryl/α,β-unsaturated/α-hetero) is 1. The number of carbonyl (C=O) groups excluding carboxylic acids is 2. The van der Waals surface area contributed by atoms with Crippen molar-refractivity contribution in [2.75, 3.05) is 14.2 Å².